The van der Waals surface area contributed by atoms with Crippen LogP contribution in [0.2, 0.25) is 0 Å². The number of nitriles is 1. The van der Waals surface area contributed by atoms with Crippen LogP contribution in [0.15, 0.2) is 0 Å². The van der Waals surface area contributed by atoms with Gasteiger partial charge in [0.05, 0.1) is 6.07 Å². The molecule has 1 aliphatic carbocycles. The Kier molecular flexibility index (Phi) is 2.13. The van der Waals surface area contributed by atoms with Crippen molar-refractivity contribution in [3.8, 4) is 6.07 Å². The summed E-state index contributed by atoms with van der Waals surface area (Å²) in [4.78, 5) is 12.0. The molecule has 1 amide bonds. The molecule has 1 aliphatic rings. The van der Waals surface area contributed by atoms with E-state index in [2.05, 4.69) is 13.8 Å². The quantitative estimate of drug-likeness (QED) is 0.439. The Morgan fingerprint density at radius 2 is 2.09 bits per heavy atom. The molecule has 60 valence electrons. The van der Waals surface area contributed by atoms with E-state index in [4.69, 9.17) is 5.26 Å². The Balaban J connectivity index is 2.46. The van der Waals surface area contributed by atoms with Crippen molar-refractivity contribution in [2.24, 2.45) is 11.8 Å². The van der Waals surface area contributed by atoms with Crippen LogP contribution in [0.25, 0.3) is 0 Å². The molecular formula is C8H12N2O. The molecule has 0 bridgehead atoms. The third-order valence-electron chi connectivity index (χ3n) is 2.54. The standard InChI is InChI=1S/C8H12N2O/c1-6-7(2)8(6)10(5-11)4-3-9/h5-8H,4H2,1-2H3. The molecule has 2 atom stereocenters. The molecule has 3 heteroatoms. The Morgan fingerprint density at radius 3 is 2.36 bits per heavy atom. The maximum absolute atomic E-state index is 10.4. The molecule has 0 N–H and O–H groups in total. The smallest absolute Gasteiger partial charge is 0.210 e. The monoisotopic (exact) mass is 152 g/mol. The molecule has 0 saturated heterocycles. The Bertz CT molecular complexity index is 189. The van der Waals surface area contributed by atoms with Gasteiger partial charge in [-0.3, -0.25) is 4.79 Å². The highest BCUT2D eigenvalue weighted by molar-refractivity contribution is 5.49. The second kappa shape index (κ2) is 2.91. The lowest BCUT2D eigenvalue weighted by Gasteiger charge is -2.11. The molecule has 1 fully saturated rings. The van der Waals surface area contributed by atoms with Crippen LogP contribution in [0.3, 0.4) is 0 Å². The van der Waals surface area contributed by atoms with Gasteiger partial charge >= 0.3 is 0 Å². The fourth-order valence-corrected chi connectivity index (χ4v) is 1.54. The highest BCUT2D eigenvalue weighted by Gasteiger charge is 2.46. The maximum Gasteiger partial charge on any atom is 0.210 e. The molecule has 0 radical (unpaired) electrons. The summed E-state index contributed by atoms with van der Waals surface area (Å²) in [5.41, 5.74) is 0. The Morgan fingerprint density at radius 1 is 1.55 bits per heavy atom. The lowest BCUT2D eigenvalue weighted by atomic mass is 10.4. The van der Waals surface area contributed by atoms with Crippen LogP contribution in [0.5, 0.6) is 0 Å². The van der Waals surface area contributed by atoms with Crippen molar-refractivity contribution in [3.63, 3.8) is 0 Å². The number of carbonyl (C=O) groups is 1. The Labute approximate surface area is 66.6 Å². The average Bonchev–Trinajstić information content (AvgIpc) is 2.56. The summed E-state index contributed by atoms with van der Waals surface area (Å²) in [5.74, 6) is 1.13. The maximum atomic E-state index is 10.4. The van der Waals surface area contributed by atoms with Gasteiger partial charge in [0, 0.05) is 6.04 Å². The molecule has 0 heterocycles. The summed E-state index contributed by atoms with van der Waals surface area (Å²) < 4.78 is 0. The van der Waals surface area contributed by atoms with Gasteiger partial charge < -0.3 is 4.90 Å². The number of amides is 1. The molecule has 2 unspecified atom stereocenters. The lowest BCUT2D eigenvalue weighted by Crippen LogP contribution is -2.26. The third-order valence-corrected chi connectivity index (χ3v) is 2.54. The van der Waals surface area contributed by atoms with Crippen molar-refractivity contribution >= 4 is 6.41 Å². The van der Waals surface area contributed by atoms with E-state index in [1.54, 1.807) is 4.90 Å². The van der Waals surface area contributed by atoms with Crippen LogP contribution < -0.4 is 0 Å². The minimum atomic E-state index is 0.225. The zero-order valence-corrected chi connectivity index (χ0v) is 6.82. The fourth-order valence-electron chi connectivity index (χ4n) is 1.54. The van der Waals surface area contributed by atoms with Gasteiger partial charge in [-0.25, -0.2) is 0 Å². The molecule has 0 aromatic rings. The molecule has 0 spiro atoms. The molecule has 0 aromatic heterocycles. The summed E-state index contributed by atoms with van der Waals surface area (Å²) in [6.07, 6.45) is 0.772. The zero-order chi connectivity index (χ0) is 8.43. The first-order valence-corrected chi connectivity index (χ1v) is 3.80. The van der Waals surface area contributed by atoms with Crippen molar-refractivity contribution in [2.45, 2.75) is 19.9 Å². The molecule has 3 nitrogen and oxygen atoms in total. The Hall–Kier alpha value is -1.04. The van der Waals surface area contributed by atoms with Crippen LogP contribution in [0.4, 0.5) is 0 Å². The molecule has 0 aliphatic heterocycles. The first-order chi connectivity index (χ1) is 5.22. The van der Waals surface area contributed by atoms with Crippen molar-refractivity contribution in [3.05, 3.63) is 0 Å². The normalized spacial score (nSPS) is 34.1. The van der Waals surface area contributed by atoms with E-state index < -0.39 is 0 Å². The minimum Gasteiger partial charge on any atom is -0.328 e. The fraction of sp³-hybridized carbons (Fsp3) is 0.750. The topological polar surface area (TPSA) is 44.1 Å². The van der Waals surface area contributed by atoms with Crippen LogP contribution in [-0.2, 0) is 4.79 Å². The number of hydrogen-bond donors (Lipinski definition) is 0. The first-order valence-electron chi connectivity index (χ1n) is 3.80. The highest BCUT2D eigenvalue weighted by Crippen LogP contribution is 2.41. The van der Waals surface area contributed by atoms with Gasteiger partial charge in [-0.1, -0.05) is 13.8 Å². The predicted octanol–water partition coefficient (Wildman–Crippen LogP) is 0.623. The first kappa shape index (κ1) is 8.06. The summed E-state index contributed by atoms with van der Waals surface area (Å²) in [6, 6.07) is 2.29. The highest BCUT2D eigenvalue weighted by atomic mass is 16.1. The zero-order valence-electron chi connectivity index (χ0n) is 6.82. The van der Waals surface area contributed by atoms with Crippen LogP contribution >= 0.6 is 0 Å². The van der Waals surface area contributed by atoms with Crippen molar-refractivity contribution in [2.75, 3.05) is 6.54 Å². The molecular weight excluding hydrogens is 140 g/mol. The van der Waals surface area contributed by atoms with E-state index in [0.717, 1.165) is 6.41 Å². The van der Waals surface area contributed by atoms with Crippen LogP contribution in [0.1, 0.15) is 13.8 Å². The third kappa shape index (κ3) is 1.35. The van der Waals surface area contributed by atoms with Gasteiger partial charge in [0.15, 0.2) is 0 Å². The van der Waals surface area contributed by atoms with Gasteiger partial charge in [-0.05, 0) is 11.8 Å². The predicted molar refractivity (Wildman–Crippen MR) is 40.5 cm³/mol. The second-order valence-electron chi connectivity index (χ2n) is 3.14. The summed E-state index contributed by atoms with van der Waals surface area (Å²) in [7, 11) is 0. The van der Waals surface area contributed by atoms with Gasteiger partial charge in [0.25, 0.3) is 0 Å². The van der Waals surface area contributed by atoms with E-state index in [9.17, 15) is 4.79 Å². The SMILES string of the molecule is CC1C(C)C1N(C=O)CC#N. The van der Waals surface area contributed by atoms with E-state index in [1.807, 2.05) is 6.07 Å². The van der Waals surface area contributed by atoms with Gasteiger partial charge in [0.1, 0.15) is 6.54 Å². The summed E-state index contributed by atoms with van der Waals surface area (Å²) in [6.45, 7) is 4.43. The van der Waals surface area contributed by atoms with E-state index in [-0.39, 0.29) is 6.54 Å². The van der Waals surface area contributed by atoms with Gasteiger partial charge in [-0.2, -0.15) is 5.26 Å². The molecule has 1 rings (SSSR count). The van der Waals surface area contributed by atoms with E-state index in [0.29, 0.717) is 17.9 Å². The lowest BCUT2D eigenvalue weighted by molar-refractivity contribution is -0.118. The number of hydrogen-bond acceptors (Lipinski definition) is 2. The summed E-state index contributed by atoms with van der Waals surface area (Å²) >= 11 is 0. The van der Waals surface area contributed by atoms with Crippen LogP contribution in [0, 0.1) is 23.2 Å². The molecule has 0 aromatic carbocycles. The number of rotatable bonds is 3. The van der Waals surface area contributed by atoms with E-state index in [1.165, 1.54) is 0 Å². The van der Waals surface area contributed by atoms with Crippen molar-refractivity contribution in [1.29, 1.82) is 5.26 Å². The number of nitrogens with zero attached hydrogens (tertiary/aromatic N) is 2. The van der Waals surface area contributed by atoms with Crippen LogP contribution in [-0.4, -0.2) is 23.9 Å². The average molecular weight is 152 g/mol. The molecule has 11 heavy (non-hydrogen) atoms. The van der Waals surface area contributed by atoms with Gasteiger partial charge in [-0.15, -0.1) is 0 Å². The van der Waals surface area contributed by atoms with Crippen molar-refractivity contribution in [1.82, 2.24) is 4.90 Å². The van der Waals surface area contributed by atoms with Crippen molar-refractivity contribution < 1.29 is 4.79 Å². The summed E-state index contributed by atoms with van der Waals surface area (Å²) in [5, 5.41) is 8.37. The largest absolute Gasteiger partial charge is 0.328 e. The van der Waals surface area contributed by atoms with E-state index >= 15 is 0 Å². The molecule has 1 saturated carbocycles. The second-order valence-corrected chi connectivity index (χ2v) is 3.14. The minimum absolute atomic E-state index is 0.225. The van der Waals surface area contributed by atoms with Gasteiger partial charge in [0.2, 0.25) is 6.41 Å². The number of carbonyl (C=O) groups excluding carboxylic acids is 1.